The predicted octanol–water partition coefficient (Wildman–Crippen LogP) is 3.67. The summed E-state index contributed by atoms with van der Waals surface area (Å²) in [6.45, 7) is 0. The zero-order chi connectivity index (χ0) is 13.9. The lowest BCUT2D eigenvalue weighted by atomic mass is 9.97. The van der Waals surface area contributed by atoms with Crippen LogP contribution in [-0.2, 0) is 6.42 Å². The number of anilines is 1. The van der Waals surface area contributed by atoms with Crippen molar-refractivity contribution >= 4 is 5.82 Å². The SMILES string of the molecule is COc1cccc(-c2c(N)noc2CC2CCCC2)c1. The van der Waals surface area contributed by atoms with Crippen LogP contribution in [0.4, 0.5) is 5.82 Å². The number of aromatic nitrogens is 1. The molecule has 1 aromatic heterocycles. The Labute approximate surface area is 118 Å². The van der Waals surface area contributed by atoms with Gasteiger partial charge in [0, 0.05) is 6.42 Å². The Balaban J connectivity index is 1.93. The van der Waals surface area contributed by atoms with Crippen LogP contribution in [0.1, 0.15) is 31.4 Å². The number of methoxy groups -OCH3 is 1. The maximum absolute atomic E-state index is 5.99. The van der Waals surface area contributed by atoms with E-state index in [2.05, 4.69) is 5.16 Å². The number of hydrogen-bond donors (Lipinski definition) is 1. The number of nitrogen functional groups attached to an aromatic ring is 1. The molecular weight excluding hydrogens is 252 g/mol. The highest BCUT2D eigenvalue weighted by Crippen LogP contribution is 2.36. The fourth-order valence-corrected chi connectivity index (χ4v) is 3.04. The zero-order valence-corrected chi connectivity index (χ0v) is 11.8. The quantitative estimate of drug-likeness (QED) is 0.922. The maximum Gasteiger partial charge on any atom is 0.175 e. The fourth-order valence-electron chi connectivity index (χ4n) is 3.04. The second-order valence-electron chi connectivity index (χ2n) is 5.45. The van der Waals surface area contributed by atoms with Crippen molar-refractivity contribution in [3.05, 3.63) is 30.0 Å². The minimum absolute atomic E-state index is 0.464. The highest BCUT2D eigenvalue weighted by Gasteiger charge is 2.22. The molecule has 1 aromatic carbocycles. The molecule has 3 rings (SSSR count). The second kappa shape index (κ2) is 5.57. The van der Waals surface area contributed by atoms with E-state index >= 15 is 0 Å². The summed E-state index contributed by atoms with van der Waals surface area (Å²) in [6, 6.07) is 7.87. The molecule has 4 nitrogen and oxygen atoms in total. The van der Waals surface area contributed by atoms with E-state index in [-0.39, 0.29) is 0 Å². The second-order valence-corrected chi connectivity index (χ2v) is 5.45. The summed E-state index contributed by atoms with van der Waals surface area (Å²) in [4.78, 5) is 0. The summed E-state index contributed by atoms with van der Waals surface area (Å²) < 4.78 is 10.7. The lowest BCUT2D eigenvalue weighted by Crippen LogP contribution is -1.99. The van der Waals surface area contributed by atoms with Gasteiger partial charge in [-0.15, -0.1) is 0 Å². The highest BCUT2D eigenvalue weighted by molar-refractivity contribution is 5.76. The number of nitrogens with zero attached hydrogens (tertiary/aromatic N) is 1. The molecule has 106 valence electrons. The molecule has 1 aliphatic rings. The van der Waals surface area contributed by atoms with E-state index in [1.165, 1.54) is 25.7 Å². The number of rotatable bonds is 4. The van der Waals surface area contributed by atoms with E-state index in [0.717, 1.165) is 29.1 Å². The van der Waals surface area contributed by atoms with Crippen LogP contribution in [0.2, 0.25) is 0 Å². The molecule has 1 heterocycles. The summed E-state index contributed by atoms with van der Waals surface area (Å²) in [6.07, 6.45) is 6.12. The lowest BCUT2D eigenvalue weighted by molar-refractivity contribution is 0.362. The van der Waals surface area contributed by atoms with Gasteiger partial charge in [-0.3, -0.25) is 0 Å². The van der Waals surface area contributed by atoms with Gasteiger partial charge in [-0.25, -0.2) is 0 Å². The van der Waals surface area contributed by atoms with Gasteiger partial charge in [0.2, 0.25) is 0 Å². The monoisotopic (exact) mass is 272 g/mol. The minimum atomic E-state index is 0.464. The Hall–Kier alpha value is -1.97. The maximum atomic E-state index is 5.99. The topological polar surface area (TPSA) is 61.3 Å². The molecule has 0 unspecified atom stereocenters. The summed E-state index contributed by atoms with van der Waals surface area (Å²) >= 11 is 0. The number of ether oxygens (including phenoxy) is 1. The van der Waals surface area contributed by atoms with Gasteiger partial charge in [0.05, 0.1) is 12.7 Å². The standard InChI is InChI=1S/C16H20N2O2/c1-19-13-8-4-7-12(10-13)15-14(20-18-16(15)17)9-11-5-2-3-6-11/h4,7-8,10-11H,2-3,5-6,9H2,1H3,(H2,17,18). The smallest absolute Gasteiger partial charge is 0.175 e. The van der Waals surface area contributed by atoms with Gasteiger partial charge in [0.1, 0.15) is 11.5 Å². The van der Waals surface area contributed by atoms with E-state index in [1.54, 1.807) is 7.11 Å². The largest absolute Gasteiger partial charge is 0.497 e. The van der Waals surface area contributed by atoms with Gasteiger partial charge in [-0.2, -0.15) is 0 Å². The van der Waals surface area contributed by atoms with Gasteiger partial charge < -0.3 is 15.0 Å². The van der Waals surface area contributed by atoms with Gasteiger partial charge in [0.15, 0.2) is 5.82 Å². The van der Waals surface area contributed by atoms with Crippen molar-refractivity contribution < 1.29 is 9.26 Å². The third kappa shape index (κ3) is 2.50. The molecule has 0 aliphatic heterocycles. The molecule has 1 saturated carbocycles. The van der Waals surface area contributed by atoms with Crippen molar-refractivity contribution in [2.45, 2.75) is 32.1 Å². The number of hydrogen-bond acceptors (Lipinski definition) is 4. The summed E-state index contributed by atoms with van der Waals surface area (Å²) in [5.41, 5.74) is 7.93. The first-order valence-electron chi connectivity index (χ1n) is 7.16. The Kier molecular flexibility index (Phi) is 3.63. The molecule has 2 aromatic rings. The Bertz CT molecular complexity index is 586. The zero-order valence-electron chi connectivity index (χ0n) is 11.8. The Morgan fingerprint density at radius 2 is 2.15 bits per heavy atom. The fraction of sp³-hybridized carbons (Fsp3) is 0.438. The minimum Gasteiger partial charge on any atom is -0.497 e. The van der Waals surface area contributed by atoms with Crippen LogP contribution in [0.25, 0.3) is 11.1 Å². The lowest BCUT2D eigenvalue weighted by Gasteiger charge is -2.08. The normalized spacial score (nSPS) is 15.7. The van der Waals surface area contributed by atoms with Crippen LogP contribution < -0.4 is 10.5 Å². The van der Waals surface area contributed by atoms with Crippen LogP contribution in [0.3, 0.4) is 0 Å². The van der Waals surface area contributed by atoms with Crippen molar-refractivity contribution in [1.29, 1.82) is 0 Å². The van der Waals surface area contributed by atoms with Crippen LogP contribution in [0, 0.1) is 5.92 Å². The predicted molar refractivity (Wildman–Crippen MR) is 78.6 cm³/mol. The highest BCUT2D eigenvalue weighted by atomic mass is 16.5. The van der Waals surface area contributed by atoms with E-state index in [0.29, 0.717) is 11.7 Å². The number of benzene rings is 1. The first kappa shape index (κ1) is 13.0. The summed E-state index contributed by atoms with van der Waals surface area (Å²) in [5, 5.41) is 3.95. The van der Waals surface area contributed by atoms with E-state index in [9.17, 15) is 0 Å². The Morgan fingerprint density at radius 3 is 2.90 bits per heavy atom. The van der Waals surface area contributed by atoms with Gasteiger partial charge >= 0.3 is 0 Å². The Morgan fingerprint density at radius 1 is 1.35 bits per heavy atom. The molecule has 20 heavy (non-hydrogen) atoms. The third-order valence-electron chi connectivity index (χ3n) is 4.10. The third-order valence-corrected chi connectivity index (χ3v) is 4.10. The average Bonchev–Trinajstić information content (AvgIpc) is 3.10. The van der Waals surface area contributed by atoms with Crippen molar-refractivity contribution in [3.63, 3.8) is 0 Å². The van der Waals surface area contributed by atoms with Gasteiger partial charge in [0.25, 0.3) is 0 Å². The van der Waals surface area contributed by atoms with Crippen LogP contribution >= 0.6 is 0 Å². The van der Waals surface area contributed by atoms with Gasteiger partial charge in [-0.05, 0) is 23.6 Å². The van der Waals surface area contributed by atoms with E-state index in [1.807, 2.05) is 24.3 Å². The molecule has 0 radical (unpaired) electrons. The summed E-state index contributed by atoms with van der Waals surface area (Å²) in [5.74, 6) is 2.88. The molecule has 2 N–H and O–H groups in total. The molecule has 1 fully saturated rings. The molecule has 0 atom stereocenters. The molecular formula is C16H20N2O2. The molecule has 1 aliphatic carbocycles. The van der Waals surface area contributed by atoms with Crippen LogP contribution in [0.15, 0.2) is 28.8 Å². The molecule has 0 bridgehead atoms. The van der Waals surface area contributed by atoms with Crippen molar-refractivity contribution in [2.24, 2.45) is 5.92 Å². The average molecular weight is 272 g/mol. The van der Waals surface area contributed by atoms with E-state index in [4.69, 9.17) is 15.0 Å². The van der Waals surface area contributed by atoms with Crippen molar-refractivity contribution in [1.82, 2.24) is 5.16 Å². The molecule has 0 spiro atoms. The van der Waals surface area contributed by atoms with E-state index < -0.39 is 0 Å². The molecule has 4 heteroatoms. The van der Waals surface area contributed by atoms with Crippen LogP contribution in [-0.4, -0.2) is 12.3 Å². The first-order chi connectivity index (χ1) is 9.78. The van der Waals surface area contributed by atoms with Crippen molar-refractivity contribution in [2.75, 3.05) is 12.8 Å². The van der Waals surface area contributed by atoms with Crippen molar-refractivity contribution in [3.8, 4) is 16.9 Å². The summed E-state index contributed by atoms with van der Waals surface area (Å²) in [7, 11) is 1.66. The first-order valence-corrected chi connectivity index (χ1v) is 7.16. The van der Waals surface area contributed by atoms with Crippen LogP contribution in [0.5, 0.6) is 5.75 Å². The van der Waals surface area contributed by atoms with Gasteiger partial charge in [-0.1, -0.05) is 43.0 Å². The molecule has 0 saturated heterocycles. The molecule has 0 amide bonds. The number of nitrogens with two attached hydrogens (primary N) is 1.